The Bertz CT molecular complexity index is 543. The summed E-state index contributed by atoms with van der Waals surface area (Å²) in [6.45, 7) is 1.34. The molecular formula is C12H12Cl2N2O2. The minimum absolute atomic E-state index is 0.299. The van der Waals surface area contributed by atoms with Gasteiger partial charge in [0.05, 0.1) is 5.69 Å². The predicted octanol–water partition coefficient (Wildman–Crippen LogP) is 2.49. The van der Waals surface area contributed by atoms with Gasteiger partial charge >= 0.3 is 0 Å². The van der Waals surface area contributed by atoms with Gasteiger partial charge in [-0.05, 0) is 26.2 Å². The average Bonchev–Trinajstić information content (AvgIpc) is 2.50. The SMILES string of the molecule is CC(=O)N1C(=O)C(N(C)C)c2c(Cl)cc(Cl)cc21. The third-order valence-corrected chi connectivity index (χ3v) is 3.40. The standard InChI is InChI=1S/C12H12Cl2N2O2/c1-6(17)16-9-5-7(13)4-8(14)10(9)11(12(16)18)15(2)3/h4-5,11H,1-3H3. The van der Waals surface area contributed by atoms with E-state index in [0.717, 1.165) is 4.90 Å². The molecule has 2 rings (SSSR count). The monoisotopic (exact) mass is 286 g/mol. The van der Waals surface area contributed by atoms with Crippen LogP contribution in [0.15, 0.2) is 12.1 Å². The molecule has 18 heavy (non-hydrogen) atoms. The van der Waals surface area contributed by atoms with Gasteiger partial charge in [-0.15, -0.1) is 0 Å². The van der Waals surface area contributed by atoms with Crippen LogP contribution in [0.5, 0.6) is 0 Å². The lowest BCUT2D eigenvalue weighted by molar-refractivity contribution is -0.127. The van der Waals surface area contributed by atoms with E-state index in [4.69, 9.17) is 23.2 Å². The molecule has 0 fully saturated rings. The number of hydrogen-bond acceptors (Lipinski definition) is 3. The van der Waals surface area contributed by atoms with Crippen molar-refractivity contribution in [2.24, 2.45) is 0 Å². The van der Waals surface area contributed by atoms with E-state index in [2.05, 4.69) is 0 Å². The van der Waals surface area contributed by atoms with Crippen molar-refractivity contribution in [1.82, 2.24) is 4.90 Å². The molecule has 1 aromatic rings. The Hall–Kier alpha value is -1.10. The smallest absolute Gasteiger partial charge is 0.255 e. The summed E-state index contributed by atoms with van der Waals surface area (Å²) in [4.78, 5) is 26.7. The summed E-state index contributed by atoms with van der Waals surface area (Å²) in [6, 6.07) is 2.62. The van der Waals surface area contributed by atoms with Crippen molar-refractivity contribution in [3.63, 3.8) is 0 Å². The van der Waals surface area contributed by atoms with Gasteiger partial charge in [-0.3, -0.25) is 14.5 Å². The summed E-state index contributed by atoms with van der Waals surface area (Å²) in [5.74, 6) is -0.643. The lowest BCUT2D eigenvalue weighted by atomic mass is 10.1. The fourth-order valence-corrected chi connectivity index (χ4v) is 2.78. The lowest BCUT2D eigenvalue weighted by Crippen LogP contribution is -2.37. The van der Waals surface area contributed by atoms with E-state index in [1.165, 1.54) is 6.92 Å². The van der Waals surface area contributed by atoms with Crippen molar-refractivity contribution < 1.29 is 9.59 Å². The van der Waals surface area contributed by atoms with Gasteiger partial charge in [-0.2, -0.15) is 0 Å². The van der Waals surface area contributed by atoms with Gasteiger partial charge in [-0.1, -0.05) is 23.2 Å². The molecule has 4 nitrogen and oxygen atoms in total. The highest BCUT2D eigenvalue weighted by Crippen LogP contribution is 2.44. The number of imide groups is 1. The van der Waals surface area contributed by atoms with Crippen LogP contribution in [0.2, 0.25) is 10.0 Å². The summed E-state index contributed by atoms with van der Waals surface area (Å²) in [5, 5.41) is 0.797. The topological polar surface area (TPSA) is 40.6 Å². The van der Waals surface area contributed by atoms with Crippen LogP contribution >= 0.6 is 23.2 Å². The van der Waals surface area contributed by atoms with Crippen molar-refractivity contribution >= 4 is 40.7 Å². The highest BCUT2D eigenvalue weighted by molar-refractivity contribution is 6.37. The van der Waals surface area contributed by atoms with Gasteiger partial charge in [0, 0.05) is 22.5 Å². The minimum Gasteiger partial charge on any atom is -0.294 e. The maximum atomic E-state index is 12.3. The van der Waals surface area contributed by atoms with Gasteiger partial charge in [0.25, 0.3) is 5.91 Å². The molecule has 0 spiro atoms. The first-order valence-electron chi connectivity index (χ1n) is 5.34. The van der Waals surface area contributed by atoms with Crippen LogP contribution in [-0.2, 0) is 9.59 Å². The van der Waals surface area contributed by atoms with Crippen LogP contribution in [0.25, 0.3) is 0 Å². The molecule has 0 saturated heterocycles. The molecule has 1 atom stereocenters. The van der Waals surface area contributed by atoms with Crippen LogP contribution in [-0.4, -0.2) is 30.8 Å². The van der Waals surface area contributed by atoms with Crippen LogP contribution in [0, 0.1) is 0 Å². The second-order valence-electron chi connectivity index (χ2n) is 4.38. The number of carbonyl (C=O) groups excluding carboxylic acids is 2. The molecule has 0 saturated carbocycles. The molecule has 1 aliphatic rings. The number of amides is 2. The van der Waals surface area contributed by atoms with E-state index < -0.39 is 6.04 Å². The minimum atomic E-state index is -0.548. The van der Waals surface area contributed by atoms with Gasteiger partial charge < -0.3 is 0 Å². The first-order valence-corrected chi connectivity index (χ1v) is 6.10. The highest BCUT2D eigenvalue weighted by Gasteiger charge is 2.42. The molecule has 0 bridgehead atoms. The third kappa shape index (κ3) is 1.90. The Morgan fingerprint density at radius 1 is 1.33 bits per heavy atom. The predicted molar refractivity (Wildman–Crippen MR) is 71.1 cm³/mol. The zero-order chi connectivity index (χ0) is 13.6. The Balaban J connectivity index is 2.70. The maximum Gasteiger partial charge on any atom is 0.255 e. The fraction of sp³-hybridized carbons (Fsp3) is 0.333. The maximum absolute atomic E-state index is 12.3. The Morgan fingerprint density at radius 2 is 1.94 bits per heavy atom. The second-order valence-corrected chi connectivity index (χ2v) is 5.22. The molecule has 1 heterocycles. The number of rotatable bonds is 1. The van der Waals surface area contributed by atoms with Crippen molar-refractivity contribution in [2.75, 3.05) is 19.0 Å². The number of likely N-dealkylation sites (N-methyl/N-ethyl adjacent to an activating group) is 1. The van der Waals surface area contributed by atoms with Crippen LogP contribution < -0.4 is 4.90 Å². The van der Waals surface area contributed by atoms with Crippen LogP contribution in [0.1, 0.15) is 18.5 Å². The lowest BCUT2D eigenvalue weighted by Gasteiger charge is -2.19. The van der Waals surface area contributed by atoms with Gasteiger partial charge in [0.1, 0.15) is 6.04 Å². The van der Waals surface area contributed by atoms with Gasteiger partial charge in [-0.25, -0.2) is 4.90 Å². The summed E-state index contributed by atoms with van der Waals surface area (Å²) >= 11 is 12.1. The van der Waals surface area contributed by atoms with E-state index >= 15 is 0 Å². The molecule has 1 aliphatic heterocycles. The van der Waals surface area contributed by atoms with Crippen LogP contribution in [0.3, 0.4) is 0 Å². The molecule has 1 unspecified atom stereocenters. The molecule has 0 aliphatic carbocycles. The van der Waals surface area contributed by atoms with Crippen LogP contribution in [0.4, 0.5) is 5.69 Å². The Kier molecular flexibility index (Phi) is 3.36. The summed E-state index contributed by atoms with van der Waals surface area (Å²) in [6.07, 6.45) is 0. The quantitative estimate of drug-likeness (QED) is 0.796. The van der Waals surface area contributed by atoms with Crippen molar-refractivity contribution in [3.8, 4) is 0 Å². The largest absolute Gasteiger partial charge is 0.294 e. The number of benzene rings is 1. The third-order valence-electron chi connectivity index (χ3n) is 2.87. The van der Waals surface area contributed by atoms with Gasteiger partial charge in [0.2, 0.25) is 5.91 Å². The van der Waals surface area contributed by atoms with Crippen molar-refractivity contribution in [3.05, 3.63) is 27.7 Å². The number of anilines is 1. The number of hydrogen-bond donors (Lipinski definition) is 0. The normalized spacial score (nSPS) is 18.4. The number of fused-ring (bicyclic) bond motifs is 1. The van der Waals surface area contributed by atoms with Crippen molar-refractivity contribution in [1.29, 1.82) is 0 Å². The molecule has 6 heteroatoms. The summed E-state index contributed by atoms with van der Waals surface area (Å²) in [5.41, 5.74) is 1.11. The molecule has 0 aromatic heterocycles. The molecule has 0 radical (unpaired) electrons. The van der Waals surface area contributed by atoms with E-state index in [1.807, 2.05) is 0 Å². The number of halogens is 2. The molecule has 2 amide bonds. The second kappa shape index (κ2) is 4.53. The fourth-order valence-electron chi connectivity index (χ4n) is 2.20. The first-order chi connectivity index (χ1) is 8.34. The van der Waals surface area contributed by atoms with E-state index in [9.17, 15) is 9.59 Å². The highest BCUT2D eigenvalue weighted by atomic mass is 35.5. The number of nitrogens with zero attached hydrogens (tertiary/aromatic N) is 2. The zero-order valence-corrected chi connectivity index (χ0v) is 11.7. The first kappa shape index (κ1) is 13.3. The molecule has 1 aromatic carbocycles. The summed E-state index contributed by atoms with van der Waals surface area (Å²) in [7, 11) is 3.53. The Labute approximate surface area is 115 Å². The molecular weight excluding hydrogens is 275 g/mol. The molecule has 0 N–H and O–H groups in total. The Morgan fingerprint density at radius 3 is 2.44 bits per heavy atom. The molecule has 96 valence electrons. The van der Waals surface area contributed by atoms with Gasteiger partial charge in [0.15, 0.2) is 0 Å². The van der Waals surface area contributed by atoms with E-state index in [-0.39, 0.29) is 11.8 Å². The van der Waals surface area contributed by atoms with E-state index in [1.54, 1.807) is 31.1 Å². The summed E-state index contributed by atoms with van der Waals surface area (Å²) < 4.78 is 0. The van der Waals surface area contributed by atoms with Crippen molar-refractivity contribution in [2.45, 2.75) is 13.0 Å². The van der Waals surface area contributed by atoms with E-state index in [0.29, 0.717) is 21.3 Å². The average molecular weight is 287 g/mol. The number of carbonyl (C=O) groups is 2. The zero-order valence-electron chi connectivity index (χ0n) is 10.2.